The van der Waals surface area contributed by atoms with Gasteiger partial charge in [-0.2, -0.15) is 0 Å². The van der Waals surface area contributed by atoms with Crippen molar-refractivity contribution >= 4 is 22.7 Å². The summed E-state index contributed by atoms with van der Waals surface area (Å²) in [6, 6.07) is 6.42. The lowest BCUT2D eigenvalue weighted by Crippen LogP contribution is -1.94. The van der Waals surface area contributed by atoms with Crippen LogP contribution in [-0.4, -0.2) is 22.2 Å². The number of aryl methyl sites for hydroxylation is 2. The van der Waals surface area contributed by atoms with E-state index in [4.69, 9.17) is 14.6 Å². The first-order valence-electron chi connectivity index (χ1n) is 11.0. The van der Waals surface area contributed by atoms with E-state index in [1.165, 1.54) is 16.3 Å². The van der Waals surface area contributed by atoms with Crippen LogP contribution < -0.4 is 0 Å². The third-order valence-electron chi connectivity index (χ3n) is 5.45. The van der Waals surface area contributed by atoms with Gasteiger partial charge in [-0.15, -0.1) is 0 Å². The number of carbonyl (C=O) groups is 2. The Morgan fingerprint density at radius 2 is 1.24 bits per heavy atom. The third kappa shape index (κ3) is 8.71. The number of unbranched alkanes of at least 4 members (excludes halogenated alkanes) is 8. The summed E-state index contributed by atoms with van der Waals surface area (Å²) in [7, 11) is 0. The molecule has 0 aliphatic rings. The van der Waals surface area contributed by atoms with E-state index in [-0.39, 0.29) is 12.8 Å². The van der Waals surface area contributed by atoms with E-state index in [9.17, 15) is 9.59 Å². The van der Waals surface area contributed by atoms with Crippen LogP contribution in [0.3, 0.4) is 0 Å². The molecule has 5 nitrogen and oxygen atoms in total. The predicted octanol–water partition coefficient (Wildman–Crippen LogP) is 6.37. The van der Waals surface area contributed by atoms with Crippen molar-refractivity contribution in [3.63, 3.8) is 0 Å². The Morgan fingerprint density at radius 1 is 0.690 bits per heavy atom. The molecule has 0 unspecified atom stereocenters. The Morgan fingerprint density at radius 3 is 1.86 bits per heavy atom. The molecule has 160 valence electrons. The summed E-state index contributed by atoms with van der Waals surface area (Å²) < 4.78 is 5.86. The van der Waals surface area contributed by atoms with Gasteiger partial charge in [-0.25, -0.2) is 0 Å². The van der Waals surface area contributed by atoms with Crippen LogP contribution in [0.1, 0.15) is 88.4 Å². The highest BCUT2D eigenvalue weighted by Crippen LogP contribution is 2.27. The van der Waals surface area contributed by atoms with E-state index < -0.39 is 11.9 Å². The van der Waals surface area contributed by atoms with Crippen molar-refractivity contribution in [2.45, 2.75) is 89.9 Å². The summed E-state index contributed by atoms with van der Waals surface area (Å²) in [5.41, 5.74) is 1.33. The first-order valence-corrected chi connectivity index (χ1v) is 11.0. The zero-order chi connectivity index (χ0) is 20.9. The first-order chi connectivity index (χ1) is 14.1. The Labute approximate surface area is 173 Å². The molecule has 0 amide bonds. The zero-order valence-electron chi connectivity index (χ0n) is 17.3. The van der Waals surface area contributed by atoms with Gasteiger partial charge in [0.25, 0.3) is 0 Å². The van der Waals surface area contributed by atoms with Gasteiger partial charge >= 0.3 is 11.9 Å². The topological polar surface area (TPSA) is 87.7 Å². The molecule has 0 bridgehead atoms. The molecule has 2 N–H and O–H groups in total. The van der Waals surface area contributed by atoms with Crippen LogP contribution in [0.15, 0.2) is 28.9 Å². The molecule has 0 saturated carbocycles. The summed E-state index contributed by atoms with van der Waals surface area (Å²) in [6.45, 7) is 0. The normalized spacial score (nSPS) is 11.2. The number of aliphatic carboxylic acids is 2. The summed E-state index contributed by atoms with van der Waals surface area (Å²) in [6.07, 6.45) is 14.5. The van der Waals surface area contributed by atoms with Crippen molar-refractivity contribution < 1.29 is 24.2 Å². The maximum absolute atomic E-state index is 10.5. The Balaban J connectivity index is 1.71. The van der Waals surface area contributed by atoms with Crippen LogP contribution in [-0.2, 0) is 22.4 Å². The van der Waals surface area contributed by atoms with Gasteiger partial charge in [-0.05, 0) is 37.7 Å². The number of benzene rings is 1. The van der Waals surface area contributed by atoms with Crippen LogP contribution in [0.4, 0.5) is 0 Å². The molecule has 1 heterocycles. The minimum Gasteiger partial charge on any atom is -0.481 e. The summed E-state index contributed by atoms with van der Waals surface area (Å²) in [5, 5.41) is 19.7. The number of fused-ring (bicyclic) bond motifs is 1. The van der Waals surface area contributed by atoms with E-state index in [1.54, 1.807) is 0 Å². The number of hydrogen-bond acceptors (Lipinski definition) is 3. The monoisotopic (exact) mass is 402 g/mol. The SMILES string of the molecule is O=C(O)CCCCCCCc1cccc2c(CCCCCCCC(=O)O)occ12. The van der Waals surface area contributed by atoms with Crippen LogP contribution in [0.5, 0.6) is 0 Å². The van der Waals surface area contributed by atoms with Gasteiger partial charge in [0, 0.05) is 30.0 Å². The van der Waals surface area contributed by atoms with E-state index in [0.717, 1.165) is 82.8 Å². The van der Waals surface area contributed by atoms with Crippen molar-refractivity contribution in [2.75, 3.05) is 0 Å². The predicted molar refractivity (Wildman–Crippen MR) is 114 cm³/mol. The fraction of sp³-hybridized carbons (Fsp3) is 0.583. The largest absolute Gasteiger partial charge is 0.481 e. The Hall–Kier alpha value is -2.30. The molecule has 0 aliphatic heterocycles. The molecule has 1 aromatic carbocycles. The second-order valence-electron chi connectivity index (χ2n) is 7.86. The Kier molecular flexibility index (Phi) is 10.3. The highest BCUT2D eigenvalue weighted by Gasteiger charge is 2.09. The van der Waals surface area contributed by atoms with E-state index in [1.807, 2.05) is 6.26 Å². The molecule has 0 aliphatic carbocycles. The van der Waals surface area contributed by atoms with Gasteiger partial charge in [-0.1, -0.05) is 56.7 Å². The summed E-state index contributed by atoms with van der Waals surface area (Å²) >= 11 is 0. The maximum Gasteiger partial charge on any atom is 0.303 e. The van der Waals surface area contributed by atoms with Crippen LogP contribution in [0.25, 0.3) is 10.8 Å². The van der Waals surface area contributed by atoms with E-state index in [2.05, 4.69) is 18.2 Å². The number of rotatable bonds is 16. The molecule has 0 fully saturated rings. The van der Waals surface area contributed by atoms with Gasteiger partial charge in [0.2, 0.25) is 0 Å². The minimum atomic E-state index is -0.707. The summed E-state index contributed by atoms with van der Waals surface area (Å²) in [5.74, 6) is -0.354. The molecule has 0 spiro atoms. The van der Waals surface area contributed by atoms with Gasteiger partial charge in [0.1, 0.15) is 5.76 Å². The number of carboxylic acid groups (broad SMARTS) is 2. The van der Waals surface area contributed by atoms with Gasteiger partial charge in [0.15, 0.2) is 0 Å². The van der Waals surface area contributed by atoms with Crippen molar-refractivity contribution in [3.05, 3.63) is 35.8 Å². The average molecular weight is 403 g/mol. The minimum absolute atomic E-state index is 0.272. The smallest absolute Gasteiger partial charge is 0.303 e. The van der Waals surface area contributed by atoms with Crippen molar-refractivity contribution in [3.8, 4) is 0 Å². The molecule has 29 heavy (non-hydrogen) atoms. The van der Waals surface area contributed by atoms with E-state index >= 15 is 0 Å². The van der Waals surface area contributed by atoms with Crippen LogP contribution in [0, 0.1) is 0 Å². The number of furan rings is 1. The maximum atomic E-state index is 10.5. The molecule has 2 aromatic rings. The fourth-order valence-electron chi connectivity index (χ4n) is 3.81. The molecule has 5 heteroatoms. The second kappa shape index (κ2) is 13.0. The molecule has 1 aromatic heterocycles. The Bertz CT molecular complexity index is 762. The van der Waals surface area contributed by atoms with Crippen molar-refractivity contribution in [2.24, 2.45) is 0 Å². The van der Waals surface area contributed by atoms with Crippen LogP contribution in [0.2, 0.25) is 0 Å². The fourth-order valence-corrected chi connectivity index (χ4v) is 3.81. The van der Waals surface area contributed by atoms with Crippen LogP contribution >= 0.6 is 0 Å². The lowest BCUT2D eigenvalue weighted by atomic mass is 9.99. The standard InChI is InChI=1S/C24H34O5/c25-23(26)16-9-5-1-3-7-12-19-13-11-14-20-21(19)18-29-22(20)15-8-4-2-6-10-17-24(27)28/h11,13-14,18H,1-10,12,15-17H2,(H,25,26)(H,27,28). The average Bonchev–Trinajstić information content (AvgIpc) is 3.10. The number of carboxylic acids is 2. The second-order valence-corrected chi connectivity index (χ2v) is 7.86. The molecular formula is C24H34O5. The van der Waals surface area contributed by atoms with Crippen molar-refractivity contribution in [1.82, 2.24) is 0 Å². The molecule has 0 saturated heterocycles. The zero-order valence-corrected chi connectivity index (χ0v) is 17.3. The highest BCUT2D eigenvalue weighted by molar-refractivity contribution is 5.87. The van der Waals surface area contributed by atoms with Crippen molar-refractivity contribution in [1.29, 1.82) is 0 Å². The number of hydrogen-bond donors (Lipinski definition) is 2. The quantitative estimate of drug-likeness (QED) is 0.319. The lowest BCUT2D eigenvalue weighted by Gasteiger charge is -2.04. The van der Waals surface area contributed by atoms with Gasteiger partial charge in [0.05, 0.1) is 6.26 Å². The molecule has 0 radical (unpaired) electrons. The third-order valence-corrected chi connectivity index (χ3v) is 5.45. The van der Waals surface area contributed by atoms with Gasteiger partial charge in [-0.3, -0.25) is 9.59 Å². The molecule has 2 rings (SSSR count). The first kappa shape index (κ1) is 23.0. The lowest BCUT2D eigenvalue weighted by molar-refractivity contribution is -0.138. The van der Waals surface area contributed by atoms with E-state index in [0.29, 0.717) is 0 Å². The summed E-state index contributed by atoms with van der Waals surface area (Å²) in [4.78, 5) is 21.0. The molecule has 0 atom stereocenters. The highest BCUT2D eigenvalue weighted by atomic mass is 16.4. The van der Waals surface area contributed by atoms with Gasteiger partial charge < -0.3 is 14.6 Å². The molecular weight excluding hydrogens is 368 g/mol.